The summed E-state index contributed by atoms with van der Waals surface area (Å²) in [6.45, 7) is 5.53. The fraction of sp³-hybridized carbons (Fsp3) is 0.381. The molecule has 1 aromatic carbocycles. The lowest BCUT2D eigenvalue weighted by molar-refractivity contribution is -0.120. The third-order valence-corrected chi connectivity index (χ3v) is 4.71. The summed E-state index contributed by atoms with van der Waals surface area (Å²) in [6, 6.07) is 11.3. The Morgan fingerprint density at radius 3 is 2.41 bits per heavy atom. The van der Waals surface area contributed by atoms with E-state index in [1.165, 1.54) is 19.8 Å². The Kier molecular flexibility index (Phi) is 6.06. The number of aromatic nitrogens is 1. The number of nitrogens with one attached hydrogen (secondary N) is 2. The predicted molar refractivity (Wildman–Crippen MR) is 107 cm³/mol. The first-order valence-corrected chi connectivity index (χ1v) is 9.36. The van der Waals surface area contributed by atoms with Crippen LogP contribution in [0.25, 0.3) is 0 Å². The van der Waals surface area contributed by atoms with Gasteiger partial charge in [0.1, 0.15) is 5.82 Å². The van der Waals surface area contributed by atoms with Gasteiger partial charge in [-0.2, -0.15) is 0 Å². The van der Waals surface area contributed by atoms with Crippen LogP contribution in [0, 0.1) is 6.92 Å². The first-order valence-electron chi connectivity index (χ1n) is 9.36. The number of anilines is 2. The molecule has 1 saturated heterocycles. The third-order valence-electron chi connectivity index (χ3n) is 4.71. The fourth-order valence-electron chi connectivity index (χ4n) is 3.29. The summed E-state index contributed by atoms with van der Waals surface area (Å²) in [4.78, 5) is 30.7. The van der Waals surface area contributed by atoms with Crippen molar-refractivity contribution in [1.82, 2.24) is 10.3 Å². The van der Waals surface area contributed by atoms with Gasteiger partial charge in [0.05, 0.1) is 24.3 Å². The van der Waals surface area contributed by atoms with E-state index < -0.39 is 0 Å². The first-order chi connectivity index (χ1) is 13.0. The predicted octanol–water partition coefficient (Wildman–Crippen LogP) is 3.20. The van der Waals surface area contributed by atoms with Crippen molar-refractivity contribution < 1.29 is 9.59 Å². The largest absolute Gasteiger partial charge is 0.357 e. The van der Waals surface area contributed by atoms with E-state index in [1.54, 1.807) is 6.20 Å². The number of benzene rings is 1. The number of carbonyl (C=O) groups excluding carboxylic acids is 2. The summed E-state index contributed by atoms with van der Waals surface area (Å²) in [5.74, 6) is 0.622. The van der Waals surface area contributed by atoms with E-state index >= 15 is 0 Å². The van der Waals surface area contributed by atoms with E-state index in [4.69, 9.17) is 0 Å². The summed E-state index contributed by atoms with van der Waals surface area (Å²) >= 11 is 0. The van der Waals surface area contributed by atoms with Gasteiger partial charge in [0.15, 0.2) is 0 Å². The van der Waals surface area contributed by atoms with Crippen molar-refractivity contribution in [1.29, 1.82) is 0 Å². The summed E-state index contributed by atoms with van der Waals surface area (Å²) in [7, 11) is 0. The number of carbonyl (C=O) groups is 2. The van der Waals surface area contributed by atoms with Crippen LogP contribution in [0.1, 0.15) is 43.4 Å². The number of hydrogen-bond donors (Lipinski definition) is 2. The molecule has 2 amide bonds. The van der Waals surface area contributed by atoms with Gasteiger partial charge in [-0.3, -0.25) is 9.59 Å². The van der Waals surface area contributed by atoms with Crippen LogP contribution in [-0.4, -0.2) is 29.9 Å². The lowest BCUT2D eigenvalue weighted by Crippen LogP contribution is -2.29. The highest BCUT2D eigenvalue weighted by Crippen LogP contribution is 2.21. The van der Waals surface area contributed by atoms with E-state index in [0.717, 1.165) is 30.0 Å². The molecular weight excluding hydrogens is 340 g/mol. The van der Waals surface area contributed by atoms with Gasteiger partial charge >= 0.3 is 0 Å². The Morgan fingerprint density at radius 1 is 1.11 bits per heavy atom. The highest BCUT2D eigenvalue weighted by atomic mass is 16.2. The Bertz CT molecular complexity index is 781. The average Bonchev–Trinajstić information content (AvgIpc) is 3.17. The summed E-state index contributed by atoms with van der Waals surface area (Å²) in [5, 5.41) is 5.73. The highest BCUT2D eigenvalue weighted by Gasteiger charge is 2.18. The average molecular weight is 366 g/mol. The minimum atomic E-state index is -0.361. The molecule has 2 N–H and O–H groups in total. The molecule has 27 heavy (non-hydrogen) atoms. The number of aryl methyl sites for hydroxylation is 1. The van der Waals surface area contributed by atoms with Crippen LogP contribution >= 0.6 is 0 Å². The van der Waals surface area contributed by atoms with E-state index in [1.807, 2.05) is 43.3 Å². The van der Waals surface area contributed by atoms with Crippen LogP contribution in [0.3, 0.4) is 0 Å². The van der Waals surface area contributed by atoms with Crippen LogP contribution in [0.5, 0.6) is 0 Å². The normalized spacial score (nSPS) is 14.7. The minimum absolute atomic E-state index is 0.162. The molecule has 2 heterocycles. The molecule has 1 aromatic heterocycles. The Hall–Kier alpha value is -2.89. The van der Waals surface area contributed by atoms with Gasteiger partial charge in [-0.1, -0.05) is 29.8 Å². The van der Waals surface area contributed by atoms with E-state index in [-0.39, 0.29) is 24.3 Å². The monoisotopic (exact) mass is 366 g/mol. The molecule has 142 valence electrons. The molecular formula is C21H26N4O2. The molecule has 2 aromatic rings. The quantitative estimate of drug-likeness (QED) is 0.823. The molecule has 3 rings (SSSR count). The van der Waals surface area contributed by atoms with Gasteiger partial charge in [0.25, 0.3) is 0 Å². The Balaban J connectivity index is 1.63. The summed E-state index contributed by atoms with van der Waals surface area (Å²) in [5.41, 5.74) is 2.70. The second-order valence-electron chi connectivity index (χ2n) is 7.02. The first kappa shape index (κ1) is 18.9. The van der Waals surface area contributed by atoms with Crippen LogP contribution in [0.4, 0.5) is 11.5 Å². The van der Waals surface area contributed by atoms with Crippen LogP contribution in [0.15, 0.2) is 42.6 Å². The van der Waals surface area contributed by atoms with E-state index in [0.29, 0.717) is 5.69 Å². The van der Waals surface area contributed by atoms with Gasteiger partial charge in [0.2, 0.25) is 11.8 Å². The zero-order valence-corrected chi connectivity index (χ0v) is 15.9. The number of hydrogen-bond acceptors (Lipinski definition) is 4. The van der Waals surface area contributed by atoms with Crippen molar-refractivity contribution in [3.63, 3.8) is 0 Å². The van der Waals surface area contributed by atoms with Gasteiger partial charge < -0.3 is 15.5 Å². The second-order valence-corrected chi connectivity index (χ2v) is 7.02. The molecule has 6 heteroatoms. The molecule has 0 spiro atoms. The maximum atomic E-state index is 12.5. The van der Waals surface area contributed by atoms with Crippen molar-refractivity contribution in [2.45, 2.75) is 39.2 Å². The lowest BCUT2D eigenvalue weighted by atomic mass is 10.0. The molecule has 0 radical (unpaired) electrons. The smallest absolute Gasteiger partial charge is 0.226 e. The molecule has 0 unspecified atom stereocenters. The van der Waals surface area contributed by atoms with Crippen LogP contribution in [-0.2, 0) is 9.59 Å². The molecule has 1 atom stereocenters. The van der Waals surface area contributed by atoms with E-state index in [2.05, 4.69) is 20.5 Å². The fourth-order valence-corrected chi connectivity index (χ4v) is 3.29. The number of rotatable bonds is 6. The number of nitrogens with zero attached hydrogens (tertiary/aromatic N) is 2. The van der Waals surface area contributed by atoms with Gasteiger partial charge in [-0.25, -0.2) is 4.98 Å². The number of pyridine rings is 1. The van der Waals surface area contributed by atoms with Gasteiger partial charge in [0, 0.05) is 20.0 Å². The minimum Gasteiger partial charge on any atom is -0.357 e. The van der Waals surface area contributed by atoms with Crippen molar-refractivity contribution in [3.05, 3.63) is 53.7 Å². The highest BCUT2D eigenvalue weighted by molar-refractivity contribution is 5.91. The maximum absolute atomic E-state index is 12.5. The van der Waals surface area contributed by atoms with Gasteiger partial charge in [-0.15, -0.1) is 0 Å². The molecule has 6 nitrogen and oxygen atoms in total. The third kappa shape index (κ3) is 5.29. The van der Waals surface area contributed by atoms with Crippen molar-refractivity contribution in [3.8, 4) is 0 Å². The molecule has 1 fully saturated rings. The summed E-state index contributed by atoms with van der Waals surface area (Å²) < 4.78 is 0. The Morgan fingerprint density at radius 2 is 1.81 bits per heavy atom. The van der Waals surface area contributed by atoms with Crippen molar-refractivity contribution in [2.75, 3.05) is 23.3 Å². The lowest BCUT2D eigenvalue weighted by Gasteiger charge is -2.19. The van der Waals surface area contributed by atoms with Gasteiger partial charge in [-0.05, 0) is 37.5 Å². The second kappa shape index (κ2) is 8.66. The zero-order valence-electron chi connectivity index (χ0n) is 15.9. The van der Waals surface area contributed by atoms with Crippen LogP contribution < -0.4 is 15.5 Å². The maximum Gasteiger partial charge on any atom is 0.226 e. The zero-order chi connectivity index (χ0) is 19.2. The van der Waals surface area contributed by atoms with E-state index in [9.17, 15) is 9.59 Å². The summed E-state index contributed by atoms with van der Waals surface area (Å²) in [6.07, 6.45) is 4.24. The van der Waals surface area contributed by atoms with Crippen molar-refractivity contribution >= 4 is 23.3 Å². The molecule has 0 saturated carbocycles. The van der Waals surface area contributed by atoms with Crippen molar-refractivity contribution in [2.24, 2.45) is 0 Å². The van der Waals surface area contributed by atoms with Crippen LogP contribution in [0.2, 0.25) is 0 Å². The molecule has 1 aliphatic heterocycles. The Labute approximate surface area is 160 Å². The topological polar surface area (TPSA) is 74.3 Å². The SMILES string of the molecule is CC(=O)N[C@@H](CC(=O)Nc1ccc(N2CCCC2)nc1)c1ccc(C)cc1. The molecule has 0 aliphatic carbocycles. The molecule has 0 bridgehead atoms. The molecule has 1 aliphatic rings. The standard InChI is InChI=1S/C21H26N4O2/c1-15-5-7-17(8-6-15)19(23-16(2)26)13-21(27)24-18-9-10-20(22-14-18)25-11-3-4-12-25/h5-10,14,19H,3-4,11-13H2,1-2H3,(H,23,26)(H,24,27)/t19-/m0/s1. The number of amides is 2.